The fraction of sp³-hybridized carbons (Fsp3) is 0.458. The zero-order chi connectivity index (χ0) is 27.1. The number of alkyl halides is 1. The van der Waals surface area contributed by atoms with Crippen molar-refractivity contribution in [2.45, 2.75) is 38.4 Å². The average molecular weight is 583 g/mol. The third-order valence-corrected chi connectivity index (χ3v) is 6.84. The number of aliphatic hydroxyl groups excluding tert-OH is 1. The van der Waals surface area contributed by atoms with Crippen LogP contribution in [0.25, 0.3) is 0 Å². The minimum atomic E-state index is -3.44. The molecule has 0 saturated heterocycles. The largest absolute Gasteiger partial charge is 0.490 e. The molecule has 36 heavy (non-hydrogen) atoms. The molecule has 0 unspecified atom stereocenters. The molecule has 2 aromatic carbocycles. The van der Waals surface area contributed by atoms with Crippen LogP contribution in [0.15, 0.2) is 36.4 Å². The van der Waals surface area contributed by atoms with Crippen LogP contribution >= 0.6 is 34.8 Å². The summed E-state index contributed by atoms with van der Waals surface area (Å²) >= 11 is 18.4. The predicted molar refractivity (Wildman–Crippen MR) is 141 cm³/mol. The molecule has 200 valence electrons. The second-order valence-electron chi connectivity index (χ2n) is 8.70. The Labute approximate surface area is 226 Å². The Morgan fingerprint density at radius 1 is 1.06 bits per heavy atom. The summed E-state index contributed by atoms with van der Waals surface area (Å²) in [5.74, 6) is 0.282. The molecule has 2 atom stereocenters. The van der Waals surface area contributed by atoms with Crippen molar-refractivity contribution in [2.75, 3.05) is 31.9 Å². The van der Waals surface area contributed by atoms with Crippen LogP contribution in [0.5, 0.6) is 11.5 Å². The van der Waals surface area contributed by atoms with Gasteiger partial charge in [0.1, 0.15) is 31.2 Å². The molecule has 8 nitrogen and oxygen atoms in total. The second-order valence-corrected chi connectivity index (χ2v) is 11.7. The lowest BCUT2D eigenvalue weighted by atomic mass is 9.78. The summed E-state index contributed by atoms with van der Waals surface area (Å²) in [7, 11) is -3.44. The SMILES string of the molecule is CC(=O)O[C@H](CNS(C)(=O)=O)COc1ccc(C(C)(C)c2cc(Cl)c(OC[C@@H](O)CCl)c(Cl)c2)cc1. The first-order chi connectivity index (χ1) is 16.7. The van der Waals surface area contributed by atoms with E-state index in [2.05, 4.69) is 4.72 Å². The van der Waals surface area contributed by atoms with Crippen molar-refractivity contribution in [3.63, 3.8) is 0 Å². The lowest BCUT2D eigenvalue weighted by Crippen LogP contribution is -2.37. The van der Waals surface area contributed by atoms with Crippen molar-refractivity contribution in [3.05, 3.63) is 57.6 Å². The number of halogens is 3. The van der Waals surface area contributed by atoms with Crippen LogP contribution in [0, 0.1) is 0 Å². The van der Waals surface area contributed by atoms with E-state index >= 15 is 0 Å². The number of carbonyl (C=O) groups is 1. The minimum absolute atomic E-state index is 0.0298. The maximum Gasteiger partial charge on any atom is 0.303 e. The van der Waals surface area contributed by atoms with E-state index in [4.69, 9.17) is 49.0 Å². The number of carbonyl (C=O) groups excluding carboxylic acids is 1. The van der Waals surface area contributed by atoms with Crippen LogP contribution in [-0.2, 0) is 25.0 Å². The molecule has 2 N–H and O–H groups in total. The van der Waals surface area contributed by atoms with Crippen LogP contribution in [0.1, 0.15) is 31.9 Å². The van der Waals surface area contributed by atoms with Crippen LogP contribution in [0.3, 0.4) is 0 Å². The van der Waals surface area contributed by atoms with E-state index < -0.39 is 33.6 Å². The third kappa shape index (κ3) is 9.28. The van der Waals surface area contributed by atoms with Gasteiger partial charge in [-0.25, -0.2) is 13.1 Å². The number of sulfonamides is 1. The normalized spacial score (nSPS) is 13.7. The Balaban J connectivity index is 2.13. The zero-order valence-electron chi connectivity index (χ0n) is 20.4. The van der Waals surface area contributed by atoms with E-state index in [-0.39, 0.29) is 31.4 Å². The van der Waals surface area contributed by atoms with E-state index in [1.807, 2.05) is 26.0 Å². The van der Waals surface area contributed by atoms with Gasteiger partial charge in [0, 0.05) is 12.3 Å². The molecule has 0 amide bonds. The highest BCUT2D eigenvalue weighted by Gasteiger charge is 2.26. The van der Waals surface area contributed by atoms with Crippen molar-refractivity contribution in [1.29, 1.82) is 0 Å². The number of ether oxygens (including phenoxy) is 3. The van der Waals surface area contributed by atoms with Gasteiger partial charge in [-0.2, -0.15) is 0 Å². The van der Waals surface area contributed by atoms with Gasteiger partial charge >= 0.3 is 5.97 Å². The summed E-state index contributed by atoms with van der Waals surface area (Å²) in [5, 5.41) is 10.2. The zero-order valence-corrected chi connectivity index (χ0v) is 23.5. The smallest absolute Gasteiger partial charge is 0.303 e. The number of hydrogen-bond donors (Lipinski definition) is 2. The molecular weight excluding hydrogens is 553 g/mol. The van der Waals surface area contributed by atoms with Crippen LogP contribution in [0.2, 0.25) is 10.0 Å². The van der Waals surface area contributed by atoms with E-state index in [0.717, 1.165) is 17.4 Å². The summed E-state index contributed by atoms with van der Waals surface area (Å²) in [5.41, 5.74) is 1.31. The van der Waals surface area contributed by atoms with Gasteiger partial charge in [0.15, 0.2) is 5.75 Å². The maximum absolute atomic E-state index is 11.3. The Morgan fingerprint density at radius 2 is 1.64 bits per heavy atom. The molecule has 0 heterocycles. The van der Waals surface area contributed by atoms with Crippen molar-refractivity contribution in [2.24, 2.45) is 0 Å². The first kappa shape index (κ1) is 30.5. The number of nitrogens with one attached hydrogen (secondary N) is 1. The molecule has 2 rings (SSSR count). The third-order valence-electron chi connectivity index (χ3n) is 5.24. The van der Waals surface area contributed by atoms with E-state index in [1.165, 1.54) is 6.92 Å². The van der Waals surface area contributed by atoms with Crippen molar-refractivity contribution >= 4 is 50.8 Å². The first-order valence-corrected chi connectivity index (χ1v) is 14.1. The van der Waals surface area contributed by atoms with E-state index in [9.17, 15) is 18.3 Å². The van der Waals surface area contributed by atoms with Crippen molar-refractivity contribution in [1.82, 2.24) is 4.72 Å². The lowest BCUT2D eigenvalue weighted by molar-refractivity contribution is -0.147. The Morgan fingerprint density at radius 3 is 2.14 bits per heavy atom. The standard InChI is InChI=1S/C24H30Cl3NO7S/c1-15(29)35-20(12-28-36(4,31)32)14-33-19-7-5-16(6-8-19)24(2,3)17-9-21(26)23(22(27)10-17)34-13-18(30)11-25/h5-10,18,20,28,30H,11-14H2,1-4H3/t18-,20+/m0/s1. The van der Waals surface area contributed by atoms with Crippen LogP contribution in [0.4, 0.5) is 0 Å². The fourth-order valence-electron chi connectivity index (χ4n) is 3.22. The van der Waals surface area contributed by atoms with Gasteiger partial charge < -0.3 is 19.3 Å². The van der Waals surface area contributed by atoms with Gasteiger partial charge in [0.2, 0.25) is 10.0 Å². The van der Waals surface area contributed by atoms with Gasteiger partial charge in [-0.1, -0.05) is 49.2 Å². The number of benzene rings is 2. The Bertz CT molecular complexity index is 1120. The van der Waals surface area contributed by atoms with Gasteiger partial charge in [-0.05, 0) is 35.4 Å². The van der Waals surface area contributed by atoms with Crippen molar-refractivity contribution in [3.8, 4) is 11.5 Å². The Kier molecular flexibility index (Phi) is 11.1. The summed E-state index contributed by atoms with van der Waals surface area (Å²) in [6, 6.07) is 10.8. The highest BCUT2D eigenvalue weighted by molar-refractivity contribution is 7.88. The number of hydrogen-bond acceptors (Lipinski definition) is 7. The van der Waals surface area contributed by atoms with Crippen molar-refractivity contribution < 1.29 is 32.5 Å². The quantitative estimate of drug-likeness (QED) is 0.270. The summed E-state index contributed by atoms with van der Waals surface area (Å²) in [6.07, 6.45) is -0.605. The van der Waals surface area contributed by atoms with Gasteiger partial charge in [0.05, 0.1) is 28.7 Å². The molecule has 0 radical (unpaired) electrons. The molecule has 0 fully saturated rings. The number of aliphatic hydroxyl groups is 1. The lowest BCUT2D eigenvalue weighted by Gasteiger charge is -2.27. The monoisotopic (exact) mass is 581 g/mol. The molecule has 0 spiro atoms. The number of rotatable bonds is 13. The molecule has 12 heteroatoms. The molecule has 2 aromatic rings. The Hall–Kier alpha value is -1.75. The van der Waals surface area contributed by atoms with Gasteiger partial charge in [0.25, 0.3) is 0 Å². The predicted octanol–water partition coefficient (Wildman–Crippen LogP) is 4.16. The highest BCUT2D eigenvalue weighted by atomic mass is 35.5. The van der Waals surface area contributed by atoms with Crippen LogP contribution in [-0.4, -0.2) is 63.6 Å². The summed E-state index contributed by atoms with van der Waals surface area (Å²) in [6.45, 7) is 5.10. The molecule has 0 aliphatic rings. The molecular formula is C24H30Cl3NO7S. The van der Waals surface area contributed by atoms with Gasteiger partial charge in [-0.3, -0.25) is 4.79 Å². The summed E-state index contributed by atoms with van der Waals surface area (Å²) < 4.78 is 41.4. The van der Waals surface area contributed by atoms with Gasteiger partial charge in [-0.15, -0.1) is 11.6 Å². The van der Waals surface area contributed by atoms with Crippen LogP contribution < -0.4 is 14.2 Å². The molecule has 0 aliphatic heterocycles. The molecule has 0 bridgehead atoms. The fourth-order valence-corrected chi connectivity index (χ4v) is 4.39. The number of esters is 1. The first-order valence-electron chi connectivity index (χ1n) is 10.9. The molecule has 0 aliphatic carbocycles. The van der Waals surface area contributed by atoms with E-state index in [1.54, 1.807) is 24.3 Å². The minimum Gasteiger partial charge on any atom is -0.490 e. The summed E-state index contributed by atoms with van der Waals surface area (Å²) in [4.78, 5) is 11.3. The average Bonchev–Trinajstić information content (AvgIpc) is 2.79. The molecule has 0 saturated carbocycles. The topological polar surface area (TPSA) is 111 Å². The highest BCUT2D eigenvalue weighted by Crippen LogP contribution is 2.40. The second kappa shape index (κ2) is 13.2. The van der Waals surface area contributed by atoms with E-state index in [0.29, 0.717) is 15.8 Å². The maximum atomic E-state index is 11.3. The molecule has 0 aromatic heterocycles.